The number of carbonyl (C=O) groups excluding carboxylic acids is 1. The summed E-state index contributed by atoms with van der Waals surface area (Å²) >= 11 is 0. The van der Waals surface area contributed by atoms with Crippen molar-refractivity contribution in [1.29, 1.82) is 0 Å². The van der Waals surface area contributed by atoms with Gasteiger partial charge >= 0.3 is 0 Å². The Labute approximate surface area is 87.1 Å². The fraction of sp³-hybridized carbons (Fsp3) is 0.700. The van der Waals surface area contributed by atoms with Gasteiger partial charge in [0, 0.05) is 33.5 Å². The summed E-state index contributed by atoms with van der Waals surface area (Å²) < 4.78 is 9.97. The molecule has 0 aliphatic heterocycles. The summed E-state index contributed by atoms with van der Waals surface area (Å²) in [6.45, 7) is 1.99. The van der Waals surface area contributed by atoms with E-state index in [9.17, 15) is 4.79 Å². The van der Waals surface area contributed by atoms with Crippen LogP contribution >= 0.6 is 8.38 Å². The predicted octanol–water partition coefficient (Wildman–Crippen LogP) is 2.35. The molecule has 0 heterocycles. The molecule has 0 bridgehead atoms. The second-order valence-electron chi connectivity index (χ2n) is 2.60. The van der Waals surface area contributed by atoms with Crippen molar-refractivity contribution in [3.05, 3.63) is 0 Å². The van der Waals surface area contributed by atoms with Gasteiger partial charge in [0.05, 0.1) is 6.16 Å². The second-order valence-corrected chi connectivity index (χ2v) is 4.31. The molecule has 0 unspecified atom stereocenters. The smallest absolute Gasteiger partial charge is 0.177 e. The Balaban J connectivity index is 3.64. The second kappa shape index (κ2) is 9.15. The first kappa shape index (κ1) is 13.6. The molecular formula is C10H17O3P. The van der Waals surface area contributed by atoms with Crippen LogP contribution in [0.15, 0.2) is 0 Å². The molecule has 0 radical (unpaired) electrons. The molecule has 4 heteroatoms. The lowest BCUT2D eigenvalue weighted by Crippen LogP contribution is -2.04. The number of rotatable bonds is 6. The minimum absolute atomic E-state index is 0.158. The van der Waals surface area contributed by atoms with Crippen LogP contribution in [0.25, 0.3) is 0 Å². The normalized spacial score (nSPS) is 9.71. The molecule has 0 saturated carbocycles. The van der Waals surface area contributed by atoms with E-state index in [1.807, 2.05) is 6.92 Å². The topological polar surface area (TPSA) is 35.5 Å². The van der Waals surface area contributed by atoms with Crippen molar-refractivity contribution in [3.63, 3.8) is 0 Å². The first-order valence-corrected chi connectivity index (χ1v) is 5.94. The third-order valence-electron chi connectivity index (χ3n) is 1.54. The van der Waals surface area contributed by atoms with Crippen LogP contribution in [-0.4, -0.2) is 26.2 Å². The molecular weight excluding hydrogens is 199 g/mol. The summed E-state index contributed by atoms with van der Waals surface area (Å²) in [7, 11) is 2.09. The zero-order chi connectivity index (χ0) is 10.8. The minimum atomic E-state index is -1.02. The molecule has 0 atom stereocenters. The molecule has 0 rings (SSSR count). The highest BCUT2D eigenvalue weighted by Crippen LogP contribution is 2.35. The molecule has 80 valence electrons. The number of carbonyl (C=O) groups is 1. The van der Waals surface area contributed by atoms with E-state index in [0.717, 1.165) is 6.42 Å². The highest BCUT2D eigenvalue weighted by atomic mass is 31.2. The molecule has 14 heavy (non-hydrogen) atoms. The van der Waals surface area contributed by atoms with Gasteiger partial charge < -0.3 is 9.05 Å². The molecule has 0 aromatic heterocycles. The SMILES string of the molecule is CCC#CCCC(=O)CP(OC)OC. The van der Waals surface area contributed by atoms with Crippen molar-refractivity contribution < 1.29 is 13.8 Å². The first-order valence-electron chi connectivity index (χ1n) is 4.57. The van der Waals surface area contributed by atoms with Gasteiger partial charge in [-0.1, -0.05) is 6.92 Å². The number of hydrogen-bond acceptors (Lipinski definition) is 3. The summed E-state index contributed by atoms with van der Waals surface area (Å²) in [4.78, 5) is 11.3. The average Bonchev–Trinajstić information content (AvgIpc) is 2.21. The van der Waals surface area contributed by atoms with Gasteiger partial charge in [0.1, 0.15) is 5.78 Å². The lowest BCUT2D eigenvalue weighted by Gasteiger charge is -2.09. The van der Waals surface area contributed by atoms with E-state index in [0.29, 0.717) is 19.0 Å². The summed E-state index contributed by atoms with van der Waals surface area (Å²) in [5, 5.41) is 0. The maximum atomic E-state index is 11.3. The first-order chi connectivity index (χ1) is 6.74. The van der Waals surface area contributed by atoms with Crippen molar-refractivity contribution in [2.75, 3.05) is 20.4 Å². The van der Waals surface area contributed by atoms with Crippen LogP contribution in [0.3, 0.4) is 0 Å². The molecule has 0 aromatic carbocycles. The van der Waals surface area contributed by atoms with E-state index < -0.39 is 8.38 Å². The summed E-state index contributed by atoms with van der Waals surface area (Å²) in [6, 6.07) is 0. The average molecular weight is 216 g/mol. The van der Waals surface area contributed by atoms with Crippen LogP contribution in [-0.2, 0) is 13.8 Å². The zero-order valence-electron chi connectivity index (χ0n) is 9.00. The van der Waals surface area contributed by atoms with Gasteiger partial charge in [-0.2, -0.15) is 0 Å². The molecule has 0 saturated heterocycles. The number of Topliss-reactive ketones (excluding diaryl/α,β-unsaturated/α-hetero) is 1. The van der Waals surface area contributed by atoms with Crippen molar-refractivity contribution >= 4 is 14.2 Å². The highest BCUT2D eigenvalue weighted by Gasteiger charge is 2.11. The lowest BCUT2D eigenvalue weighted by atomic mass is 10.2. The van der Waals surface area contributed by atoms with Crippen molar-refractivity contribution in [3.8, 4) is 11.8 Å². The number of hydrogen-bond donors (Lipinski definition) is 0. The van der Waals surface area contributed by atoms with E-state index >= 15 is 0 Å². The quantitative estimate of drug-likeness (QED) is 0.505. The third kappa shape index (κ3) is 7.03. The van der Waals surface area contributed by atoms with Gasteiger partial charge in [-0.15, -0.1) is 11.8 Å². The Morgan fingerprint density at radius 3 is 2.43 bits per heavy atom. The molecule has 0 N–H and O–H groups in total. The van der Waals surface area contributed by atoms with Crippen LogP contribution in [0.2, 0.25) is 0 Å². The van der Waals surface area contributed by atoms with Gasteiger partial charge in [0.25, 0.3) is 0 Å². The van der Waals surface area contributed by atoms with E-state index in [1.165, 1.54) is 0 Å². The van der Waals surface area contributed by atoms with Gasteiger partial charge in [-0.3, -0.25) is 4.79 Å². The summed E-state index contributed by atoms with van der Waals surface area (Å²) in [5.41, 5.74) is 0. The van der Waals surface area contributed by atoms with Crippen LogP contribution in [0.1, 0.15) is 26.2 Å². The van der Waals surface area contributed by atoms with Gasteiger partial charge in [0.15, 0.2) is 8.38 Å². The largest absolute Gasteiger partial charge is 0.337 e. The third-order valence-corrected chi connectivity index (χ3v) is 2.97. The van der Waals surface area contributed by atoms with Crippen LogP contribution < -0.4 is 0 Å². The number of ketones is 1. The van der Waals surface area contributed by atoms with E-state index in [2.05, 4.69) is 11.8 Å². The van der Waals surface area contributed by atoms with Crippen molar-refractivity contribution in [2.45, 2.75) is 26.2 Å². The fourth-order valence-corrected chi connectivity index (χ4v) is 1.70. The van der Waals surface area contributed by atoms with Crippen molar-refractivity contribution in [1.82, 2.24) is 0 Å². The highest BCUT2D eigenvalue weighted by molar-refractivity contribution is 7.48. The van der Waals surface area contributed by atoms with Crippen LogP contribution in [0.4, 0.5) is 0 Å². The van der Waals surface area contributed by atoms with E-state index in [-0.39, 0.29) is 5.78 Å². The Bertz CT molecular complexity index is 213. The molecule has 0 fully saturated rings. The summed E-state index contributed by atoms with van der Waals surface area (Å²) in [6.07, 6.45) is 2.36. The standard InChI is InChI=1S/C10H17O3P/c1-4-5-6-7-8-10(11)9-14(12-2)13-3/h4,7-9H2,1-3H3. The van der Waals surface area contributed by atoms with Crippen LogP contribution in [0, 0.1) is 11.8 Å². The van der Waals surface area contributed by atoms with Gasteiger partial charge in [-0.25, -0.2) is 0 Å². The Morgan fingerprint density at radius 1 is 1.29 bits per heavy atom. The molecule has 0 aromatic rings. The fourth-order valence-electron chi connectivity index (χ4n) is 0.842. The predicted molar refractivity (Wildman–Crippen MR) is 58.1 cm³/mol. The van der Waals surface area contributed by atoms with Crippen LogP contribution in [0.5, 0.6) is 0 Å². The molecule has 0 aliphatic rings. The van der Waals surface area contributed by atoms with Gasteiger partial charge in [-0.05, 0) is 0 Å². The maximum absolute atomic E-state index is 11.3. The Hall–Kier alpha value is -0.420. The minimum Gasteiger partial charge on any atom is -0.337 e. The van der Waals surface area contributed by atoms with E-state index in [1.54, 1.807) is 14.2 Å². The molecule has 3 nitrogen and oxygen atoms in total. The summed E-state index contributed by atoms with van der Waals surface area (Å²) in [5.74, 6) is 6.01. The molecule has 0 spiro atoms. The monoisotopic (exact) mass is 216 g/mol. The van der Waals surface area contributed by atoms with E-state index in [4.69, 9.17) is 9.05 Å². The van der Waals surface area contributed by atoms with Crippen molar-refractivity contribution in [2.24, 2.45) is 0 Å². The lowest BCUT2D eigenvalue weighted by molar-refractivity contribution is -0.116. The zero-order valence-corrected chi connectivity index (χ0v) is 9.89. The molecule has 0 aliphatic carbocycles. The Kier molecular flexibility index (Phi) is 8.87. The van der Waals surface area contributed by atoms with Gasteiger partial charge in [0.2, 0.25) is 0 Å². The maximum Gasteiger partial charge on any atom is 0.177 e. The Morgan fingerprint density at radius 2 is 1.93 bits per heavy atom. The molecule has 0 amide bonds.